The summed E-state index contributed by atoms with van der Waals surface area (Å²) in [4.78, 5) is 0. The van der Waals surface area contributed by atoms with E-state index in [4.69, 9.17) is 22.3 Å². The minimum absolute atomic E-state index is 0. The van der Waals surface area contributed by atoms with Crippen molar-refractivity contribution in [1.29, 1.82) is 10.8 Å². The normalized spacial score (nSPS) is 14.0. The molecule has 84 valence electrons. The molecule has 0 amide bonds. The van der Waals surface area contributed by atoms with Gasteiger partial charge in [-0.15, -0.1) is 12.4 Å². The standard InChI is InChI=1S/C4H10N2.C2H7N5.ClH/c1-2-6-4-3-5-1;3-1(4)7-2(5)6;/h5-6H,1-4H2;(H7,3,4,5,6,7);1H. The molecule has 14 heavy (non-hydrogen) atoms. The SMILES string of the molecule is C1CNCCN1.Cl.N=C(N)NC(=N)N. The number of halogens is 1. The van der Waals surface area contributed by atoms with Crippen LogP contribution in [0.15, 0.2) is 0 Å². The molecule has 1 aliphatic rings. The zero-order chi connectivity index (χ0) is 10.1. The van der Waals surface area contributed by atoms with Crippen molar-refractivity contribution in [1.82, 2.24) is 16.0 Å². The second-order valence-corrected chi connectivity index (χ2v) is 2.45. The van der Waals surface area contributed by atoms with Gasteiger partial charge in [-0.3, -0.25) is 16.1 Å². The minimum Gasteiger partial charge on any atom is -0.370 e. The van der Waals surface area contributed by atoms with Crippen molar-refractivity contribution in [2.45, 2.75) is 0 Å². The molecule has 9 N–H and O–H groups in total. The fourth-order valence-electron chi connectivity index (χ4n) is 0.749. The lowest BCUT2D eigenvalue weighted by atomic mass is 10.4. The van der Waals surface area contributed by atoms with E-state index >= 15 is 0 Å². The first kappa shape index (κ1) is 15.4. The Hall–Kier alpha value is -1.05. The molecule has 0 spiro atoms. The third kappa shape index (κ3) is 13.5. The molecule has 1 saturated heterocycles. The van der Waals surface area contributed by atoms with Crippen LogP contribution in [-0.2, 0) is 0 Å². The summed E-state index contributed by atoms with van der Waals surface area (Å²) >= 11 is 0. The molecule has 1 rings (SSSR count). The second kappa shape index (κ2) is 10.0. The lowest BCUT2D eigenvalue weighted by Crippen LogP contribution is -2.39. The summed E-state index contributed by atoms with van der Waals surface area (Å²) in [5.74, 6) is -0.625. The monoisotopic (exact) mass is 223 g/mol. The van der Waals surface area contributed by atoms with Gasteiger partial charge in [0.1, 0.15) is 0 Å². The molecule has 0 aliphatic carbocycles. The van der Waals surface area contributed by atoms with Crippen LogP contribution in [0, 0.1) is 10.8 Å². The molecule has 0 aromatic heterocycles. The van der Waals surface area contributed by atoms with Crippen molar-refractivity contribution in [3.05, 3.63) is 0 Å². The summed E-state index contributed by atoms with van der Waals surface area (Å²) in [6, 6.07) is 0. The molecule has 0 atom stereocenters. The topological polar surface area (TPSA) is 136 Å². The zero-order valence-corrected chi connectivity index (χ0v) is 8.71. The number of hydrogen-bond donors (Lipinski definition) is 7. The van der Waals surface area contributed by atoms with Crippen LogP contribution in [0.25, 0.3) is 0 Å². The van der Waals surface area contributed by atoms with E-state index < -0.39 is 0 Å². The largest absolute Gasteiger partial charge is 0.370 e. The zero-order valence-electron chi connectivity index (χ0n) is 7.89. The van der Waals surface area contributed by atoms with Crippen molar-refractivity contribution in [3.8, 4) is 0 Å². The first-order chi connectivity index (χ1) is 6.13. The highest BCUT2D eigenvalue weighted by Gasteiger charge is 1.91. The van der Waals surface area contributed by atoms with Gasteiger partial charge in [0.25, 0.3) is 0 Å². The Morgan fingerprint density at radius 1 is 0.929 bits per heavy atom. The van der Waals surface area contributed by atoms with Crippen molar-refractivity contribution >= 4 is 24.3 Å². The third-order valence-corrected chi connectivity index (χ3v) is 1.23. The van der Waals surface area contributed by atoms with Crippen molar-refractivity contribution in [2.24, 2.45) is 11.5 Å². The van der Waals surface area contributed by atoms with Crippen LogP contribution in [0.3, 0.4) is 0 Å². The van der Waals surface area contributed by atoms with E-state index in [9.17, 15) is 0 Å². The molecule has 0 radical (unpaired) electrons. The molecule has 8 heteroatoms. The number of guanidine groups is 2. The predicted molar refractivity (Wildman–Crippen MR) is 60.0 cm³/mol. The maximum Gasteiger partial charge on any atom is 0.192 e. The van der Waals surface area contributed by atoms with E-state index in [-0.39, 0.29) is 24.3 Å². The van der Waals surface area contributed by atoms with E-state index in [1.807, 2.05) is 5.32 Å². The highest BCUT2D eigenvalue weighted by atomic mass is 35.5. The van der Waals surface area contributed by atoms with Crippen LogP contribution < -0.4 is 27.4 Å². The van der Waals surface area contributed by atoms with Crippen LogP contribution in [0.2, 0.25) is 0 Å². The van der Waals surface area contributed by atoms with E-state index in [1.165, 1.54) is 0 Å². The van der Waals surface area contributed by atoms with Gasteiger partial charge < -0.3 is 22.1 Å². The van der Waals surface area contributed by atoms with Crippen LogP contribution in [0.4, 0.5) is 0 Å². The molecule has 1 fully saturated rings. The Morgan fingerprint density at radius 3 is 1.29 bits per heavy atom. The third-order valence-electron chi connectivity index (χ3n) is 1.23. The number of nitrogens with two attached hydrogens (primary N) is 2. The number of nitrogens with one attached hydrogen (secondary N) is 5. The number of piperazine rings is 1. The average Bonchev–Trinajstić information content (AvgIpc) is 2.06. The van der Waals surface area contributed by atoms with Gasteiger partial charge in [0, 0.05) is 26.2 Å². The highest BCUT2D eigenvalue weighted by molar-refractivity contribution is 5.93. The first-order valence-electron chi connectivity index (χ1n) is 3.99. The molecule has 1 aliphatic heterocycles. The van der Waals surface area contributed by atoms with Crippen LogP contribution in [-0.4, -0.2) is 38.1 Å². The molecular weight excluding hydrogens is 206 g/mol. The van der Waals surface area contributed by atoms with Gasteiger partial charge >= 0.3 is 0 Å². The fourth-order valence-corrected chi connectivity index (χ4v) is 0.749. The van der Waals surface area contributed by atoms with E-state index in [0.717, 1.165) is 26.2 Å². The summed E-state index contributed by atoms with van der Waals surface area (Å²) < 4.78 is 0. The maximum atomic E-state index is 6.47. The molecule has 0 aromatic rings. The quantitative estimate of drug-likeness (QED) is 0.188. The van der Waals surface area contributed by atoms with E-state index in [1.54, 1.807) is 0 Å². The molecular formula is C6H18ClN7. The molecule has 0 bridgehead atoms. The Labute approximate surface area is 89.4 Å². The molecule has 0 aromatic carbocycles. The van der Waals surface area contributed by atoms with E-state index in [0.29, 0.717) is 0 Å². The van der Waals surface area contributed by atoms with E-state index in [2.05, 4.69) is 10.6 Å². The summed E-state index contributed by atoms with van der Waals surface area (Å²) in [5, 5.41) is 21.4. The van der Waals surface area contributed by atoms with Gasteiger partial charge in [-0.25, -0.2) is 0 Å². The van der Waals surface area contributed by atoms with Gasteiger partial charge in [-0.05, 0) is 0 Å². The first-order valence-corrected chi connectivity index (χ1v) is 3.99. The van der Waals surface area contributed by atoms with Gasteiger partial charge in [0.05, 0.1) is 0 Å². The van der Waals surface area contributed by atoms with Gasteiger partial charge in [0.15, 0.2) is 11.9 Å². The molecule has 0 saturated carbocycles. The Balaban J connectivity index is 0. The Kier molecular flexibility index (Phi) is 11.1. The van der Waals surface area contributed by atoms with Gasteiger partial charge in [-0.2, -0.15) is 0 Å². The predicted octanol–water partition coefficient (Wildman–Crippen LogP) is -2.04. The summed E-state index contributed by atoms with van der Waals surface area (Å²) in [6.45, 7) is 4.56. The fraction of sp³-hybridized carbons (Fsp3) is 0.667. The smallest absolute Gasteiger partial charge is 0.192 e. The second-order valence-electron chi connectivity index (χ2n) is 2.45. The number of hydrogen-bond acceptors (Lipinski definition) is 4. The van der Waals surface area contributed by atoms with Crippen LogP contribution in [0.5, 0.6) is 0 Å². The molecule has 7 nitrogen and oxygen atoms in total. The Bertz CT molecular complexity index is 144. The number of rotatable bonds is 0. The van der Waals surface area contributed by atoms with Crippen molar-refractivity contribution in [2.75, 3.05) is 26.2 Å². The minimum atomic E-state index is -0.312. The lowest BCUT2D eigenvalue weighted by molar-refractivity contribution is 0.534. The van der Waals surface area contributed by atoms with Crippen molar-refractivity contribution < 1.29 is 0 Å². The molecule has 1 heterocycles. The van der Waals surface area contributed by atoms with Gasteiger partial charge in [0.2, 0.25) is 0 Å². The maximum absolute atomic E-state index is 6.47. The van der Waals surface area contributed by atoms with Crippen LogP contribution in [0.1, 0.15) is 0 Å². The van der Waals surface area contributed by atoms with Crippen LogP contribution >= 0.6 is 12.4 Å². The lowest BCUT2D eigenvalue weighted by Gasteiger charge is -2.11. The summed E-state index contributed by atoms with van der Waals surface area (Å²) in [6.07, 6.45) is 0. The highest BCUT2D eigenvalue weighted by Crippen LogP contribution is 1.65. The average molecular weight is 224 g/mol. The Morgan fingerprint density at radius 2 is 1.21 bits per heavy atom. The van der Waals surface area contributed by atoms with Gasteiger partial charge in [-0.1, -0.05) is 0 Å². The summed E-state index contributed by atoms with van der Waals surface area (Å²) in [7, 11) is 0. The van der Waals surface area contributed by atoms with Crippen molar-refractivity contribution in [3.63, 3.8) is 0 Å². The molecule has 0 unspecified atom stereocenters. The summed E-state index contributed by atoms with van der Waals surface area (Å²) in [5.41, 5.74) is 9.49.